The van der Waals surface area contributed by atoms with E-state index in [1.807, 2.05) is 6.21 Å². The number of halogens is 3. The highest BCUT2D eigenvalue weighted by atomic mass is 19.4. The molecule has 0 aromatic carbocycles. The van der Waals surface area contributed by atoms with Crippen LogP contribution < -0.4 is 16.0 Å². The largest absolute Gasteiger partial charge is 0.397 e. The van der Waals surface area contributed by atoms with Crippen LogP contribution in [0.5, 0.6) is 0 Å². The maximum Gasteiger partial charge on any atom is 0.397 e. The molecule has 0 radical (unpaired) electrons. The van der Waals surface area contributed by atoms with E-state index in [9.17, 15) is 18.0 Å². The lowest BCUT2D eigenvalue weighted by Crippen LogP contribution is -2.53. The van der Waals surface area contributed by atoms with E-state index in [1.54, 1.807) is 6.34 Å². The normalized spacial score (nSPS) is 38.9. The Morgan fingerprint density at radius 2 is 1.92 bits per heavy atom. The van der Waals surface area contributed by atoms with Gasteiger partial charge in [0.25, 0.3) is 0 Å². The van der Waals surface area contributed by atoms with Gasteiger partial charge >= 0.3 is 6.18 Å². The third-order valence-corrected chi connectivity index (χ3v) is 9.22. The molecule has 39 heavy (non-hydrogen) atoms. The fourth-order valence-corrected chi connectivity index (χ4v) is 7.22. The molecular formula is C26H39F3N8O2. The van der Waals surface area contributed by atoms with Crippen LogP contribution in [0.2, 0.25) is 0 Å². The summed E-state index contributed by atoms with van der Waals surface area (Å²) in [5.41, 5.74) is 1.15. The first-order valence-corrected chi connectivity index (χ1v) is 14.3. The van der Waals surface area contributed by atoms with Crippen LogP contribution in [0.15, 0.2) is 15.0 Å². The molecule has 1 amide bonds. The molecule has 0 aromatic heterocycles. The van der Waals surface area contributed by atoms with Crippen LogP contribution >= 0.6 is 0 Å². The smallest absolute Gasteiger partial charge is 0.375 e. The number of hydrogen-bond donors (Lipinski definition) is 3. The van der Waals surface area contributed by atoms with Crippen molar-refractivity contribution in [2.75, 3.05) is 45.9 Å². The van der Waals surface area contributed by atoms with Crippen molar-refractivity contribution in [2.45, 2.75) is 75.3 Å². The summed E-state index contributed by atoms with van der Waals surface area (Å²) in [7, 11) is 0. The SMILES string of the molecule is O=C(CC(F)(F)F)N1CCN(CC2CC=NC(NC3NC4CCC(C5N=CN=C6COCC65)CC4N3)C2)CC1. The van der Waals surface area contributed by atoms with Crippen molar-refractivity contribution in [1.82, 2.24) is 25.8 Å². The average Bonchev–Trinajstić information content (AvgIpc) is 3.54. The van der Waals surface area contributed by atoms with Gasteiger partial charge in [-0.15, -0.1) is 0 Å². The van der Waals surface area contributed by atoms with Crippen LogP contribution in [0.3, 0.4) is 0 Å². The maximum atomic E-state index is 12.6. The van der Waals surface area contributed by atoms with E-state index in [4.69, 9.17) is 14.7 Å². The van der Waals surface area contributed by atoms with E-state index in [0.29, 0.717) is 62.6 Å². The summed E-state index contributed by atoms with van der Waals surface area (Å²) in [6.07, 6.45) is 3.05. The monoisotopic (exact) mass is 552 g/mol. The second-order valence-corrected chi connectivity index (χ2v) is 11.9. The molecule has 4 fully saturated rings. The molecular weight excluding hydrogens is 513 g/mol. The molecule has 10 nitrogen and oxygen atoms in total. The number of carbonyl (C=O) groups is 1. The van der Waals surface area contributed by atoms with Gasteiger partial charge in [0.15, 0.2) is 0 Å². The molecule has 1 saturated carbocycles. The van der Waals surface area contributed by atoms with Crippen LogP contribution in [0.1, 0.15) is 38.5 Å². The van der Waals surface area contributed by atoms with Crippen molar-refractivity contribution in [1.29, 1.82) is 0 Å². The van der Waals surface area contributed by atoms with Crippen LogP contribution in [0.4, 0.5) is 13.2 Å². The Balaban J connectivity index is 0.940. The fraction of sp³-hybridized carbons (Fsp3) is 0.846. The quantitative estimate of drug-likeness (QED) is 0.454. The topological polar surface area (TPSA) is 106 Å². The number of alkyl halides is 3. The molecule has 8 unspecified atom stereocenters. The predicted molar refractivity (Wildman–Crippen MR) is 141 cm³/mol. The first kappa shape index (κ1) is 27.3. The van der Waals surface area contributed by atoms with Crippen molar-refractivity contribution in [3.63, 3.8) is 0 Å². The second kappa shape index (κ2) is 11.5. The molecule has 3 N–H and O–H groups in total. The zero-order chi connectivity index (χ0) is 27.0. The number of piperazine rings is 1. The minimum atomic E-state index is -4.45. The summed E-state index contributed by atoms with van der Waals surface area (Å²) in [6.45, 7) is 4.15. The molecule has 5 heterocycles. The Morgan fingerprint density at radius 3 is 2.74 bits per heavy atom. The highest BCUT2D eigenvalue weighted by molar-refractivity contribution is 5.96. The lowest BCUT2D eigenvalue weighted by molar-refractivity contribution is -0.162. The summed E-state index contributed by atoms with van der Waals surface area (Å²) in [6, 6.07) is 1.09. The Bertz CT molecular complexity index is 983. The van der Waals surface area contributed by atoms with Crippen molar-refractivity contribution in [3.05, 3.63) is 0 Å². The van der Waals surface area contributed by atoms with Crippen molar-refractivity contribution in [2.24, 2.45) is 32.7 Å². The van der Waals surface area contributed by atoms with E-state index in [2.05, 4.69) is 25.8 Å². The number of nitrogens with one attached hydrogen (secondary N) is 3. The van der Waals surface area contributed by atoms with Crippen LogP contribution in [-0.2, 0) is 9.53 Å². The molecule has 6 rings (SSSR count). The van der Waals surface area contributed by atoms with Gasteiger partial charge in [-0.05, 0) is 43.9 Å². The number of rotatable bonds is 6. The number of fused-ring (bicyclic) bond motifs is 2. The molecule has 1 aliphatic carbocycles. The zero-order valence-corrected chi connectivity index (χ0v) is 22.2. The highest BCUT2D eigenvalue weighted by Gasteiger charge is 2.44. The number of amides is 1. The van der Waals surface area contributed by atoms with E-state index in [1.165, 1.54) is 4.90 Å². The summed E-state index contributed by atoms with van der Waals surface area (Å²) in [5, 5.41) is 11.1. The average molecular weight is 553 g/mol. The first-order valence-electron chi connectivity index (χ1n) is 14.3. The minimum absolute atomic E-state index is 0.00429. The number of carbonyl (C=O) groups excluding carboxylic acids is 1. The molecule has 6 aliphatic rings. The van der Waals surface area contributed by atoms with Crippen LogP contribution in [0, 0.1) is 17.8 Å². The lowest BCUT2D eigenvalue weighted by Gasteiger charge is -2.37. The van der Waals surface area contributed by atoms with Gasteiger partial charge in [0, 0.05) is 56.9 Å². The van der Waals surface area contributed by atoms with Gasteiger partial charge in [0.05, 0.1) is 25.0 Å². The molecule has 216 valence electrons. The Labute approximate surface area is 226 Å². The summed E-state index contributed by atoms with van der Waals surface area (Å²) < 4.78 is 43.3. The van der Waals surface area contributed by atoms with Crippen molar-refractivity contribution >= 4 is 24.2 Å². The Kier molecular flexibility index (Phi) is 8.05. The van der Waals surface area contributed by atoms with Gasteiger partial charge < -0.3 is 9.64 Å². The van der Waals surface area contributed by atoms with Crippen molar-refractivity contribution < 1.29 is 22.7 Å². The van der Waals surface area contributed by atoms with Crippen molar-refractivity contribution in [3.8, 4) is 0 Å². The zero-order valence-electron chi connectivity index (χ0n) is 22.2. The highest BCUT2D eigenvalue weighted by Crippen LogP contribution is 2.36. The molecule has 5 aliphatic heterocycles. The van der Waals surface area contributed by atoms with Crippen LogP contribution in [-0.4, -0.2) is 117 Å². The summed E-state index contributed by atoms with van der Waals surface area (Å²) >= 11 is 0. The molecule has 0 spiro atoms. The van der Waals surface area contributed by atoms with E-state index >= 15 is 0 Å². The Hall–Kier alpha value is -1.93. The first-order chi connectivity index (χ1) is 18.8. The fourth-order valence-electron chi connectivity index (χ4n) is 7.22. The Morgan fingerprint density at radius 1 is 1.10 bits per heavy atom. The molecule has 0 bridgehead atoms. The van der Waals surface area contributed by atoms with Gasteiger partial charge in [-0.2, -0.15) is 13.2 Å². The predicted octanol–water partition coefficient (Wildman–Crippen LogP) is 0.991. The van der Waals surface area contributed by atoms with E-state index in [0.717, 1.165) is 51.0 Å². The lowest BCUT2D eigenvalue weighted by atomic mass is 9.75. The number of hydrogen-bond acceptors (Lipinski definition) is 9. The molecule has 3 saturated heterocycles. The molecule has 0 aromatic rings. The molecule has 13 heteroatoms. The summed E-state index contributed by atoms with van der Waals surface area (Å²) in [4.78, 5) is 29.4. The molecule has 8 atom stereocenters. The number of nitrogens with zero attached hydrogens (tertiary/aromatic N) is 5. The van der Waals surface area contributed by atoms with E-state index in [-0.39, 0.29) is 18.5 Å². The minimum Gasteiger partial charge on any atom is -0.375 e. The van der Waals surface area contributed by atoms with Gasteiger partial charge in [-0.25, -0.2) is 4.99 Å². The second-order valence-electron chi connectivity index (χ2n) is 11.9. The number of ether oxygens (including phenoxy) is 1. The standard InChI is InChI=1S/C26H39F3N8O2/c27-26(28,29)11-23(38)37-7-5-36(6-8-37)12-16-3-4-30-22(9-16)35-25-33-19-2-1-17(10-20(19)34-25)24-18-13-39-14-21(18)31-15-32-24/h4,15-20,22,24-25,33-35H,1-3,5-14H2. The summed E-state index contributed by atoms with van der Waals surface area (Å²) in [5.74, 6) is 0.446. The third kappa shape index (κ3) is 6.53. The van der Waals surface area contributed by atoms with Crippen LogP contribution in [0.25, 0.3) is 0 Å². The van der Waals surface area contributed by atoms with Gasteiger partial charge in [0.1, 0.15) is 25.2 Å². The van der Waals surface area contributed by atoms with E-state index < -0.39 is 18.5 Å². The van der Waals surface area contributed by atoms with Gasteiger partial charge in [-0.3, -0.25) is 35.6 Å². The number of aliphatic imine (C=N–C) groups is 3. The van der Waals surface area contributed by atoms with Gasteiger partial charge in [0.2, 0.25) is 5.91 Å². The third-order valence-electron chi connectivity index (χ3n) is 9.22. The van der Waals surface area contributed by atoms with Gasteiger partial charge in [-0.1, -0.05) is 0 Å². The maximum absolute atomic E-state index is 12.6.